The first kappa shape index (κ1) is 10.5. The lowest BCUT2D eigenvalue weighted by atomic mass is 9.94. The van der Waals surface area contributed by atoms with E-state index in [-0.39, 0.29) is 0 Å². The Bertz CT molecular complexity index is 418. The molecular formula is C16H17N. The van der Waals surface area contributed by atoms with Crippen molar-refractivity contribution in [2.24, 2.45) is 0 Å². The fraction of sp³-hybridized carbons (Fsp3) is 0.250. The van der Waals surface area contributed by atoms with Gasteiger partial charge in [-0.05, 0) is 23.5 Å². The SMILES string of the molecule is c1ccc(C2CNC(c3ccccc3)C2)cc1. The first-order valence-electron chi connectivity index (χ1n) is 6.27. The zero-order valence-electron chi connectivity index (χ0n) is 9.84. The minimum atomic E-state index is 0.515. The number of hydrogen-bond acceptors (Lipinski definition) is 1. The molecule has 3 rings (SSSR count). The third-order valence-electron chi connectivity index (χ3n) is 3.60. The summed E-state index contributed by atoms with van der Waals surface area (Å²) < 4.78 is 0. The number of rotatable bonds is 2. The Hall–Kier alpha value is -1.60. The second-order valence-corrected chi connectivity index (χ2v) is 4.71. The minimum Gasteiger partial charge on any atom is -0.309 e. The molecule has 2 aromatic carbocycles. The monoisotopic (exact) mass is 223 g/mol. The van der Waals surface area contributed by atoms with Crippen molar-refractivity contribution in [1.29, 1.82) is 0 Å². The van der Waals surface area contributed by atoms with Gasteiger partial charge in [0, 0.05) is 12.6 Å². The summed E-state index contributed by atoms with van der Waals surface area (Å²) in [4.78, 5) is 0. The first-order valence-corrected chi connectivity index (χ1v) is 6.27. The Morgan fingerprint density at radius 2 is 1.35 bits per heavy atom. The average molecular weight is 223 g/mol. The van der Waals surface area contributed by atoms with Crippen LogP contribution in [0.1, 0.15) is 29.5 Å². The lowest BCUT2D eigenvalue weighted by Gasteiger charge is -2.11. The van der Waals surface area contributed by atoms with E-state index in [1.54, 1.807) is 0 Å². The van der Waals surface area contributed by atoms with Crippen molar-refractivity contribution in [3.63, 3.8) is 0 Å². The van der Waals surface area contributed by atoms with Gasteiger partial charge in [-0.1, -0.05) is 60.7 Å². The van der Waals surface area contributed by atoms with Crippen LogP contribution in [0.15, 0.2) is 60.7 Å². The van der Waals surface area contributed by atoms with Crippen molar-refractivity contribution in [3.8, 4) is 0 Å². The molecule has 17 heavy (non-hydrogen) atoms. The zero-order chi connectivity index (χ0) is 11.5. The maximum Gasteiger partial charge on any atom is 0.0326 e. The largest absolute Gasteiger partial charge is 0.309 e. The van der Waals surface area contributed by atoms with Gasteiger partial charge >= 0.3 is 0 Å². The lowest BCUT2D eigenvalue weighted by molar-refractivity contribution is 0.642. The van der Waals surface area contributed by atoms with Crippen molar-refractivity contribution in [1.82, 2.24) is 5.32 Å². The molecule has 0 amide bonds. The van der Waals surface area contributed by atoms with E-state index < -0.39 is 0 Å². The number of benzene rings is 2. The van der Waals surface area contributed by atoms with E-state index >= 15 is 0 Å². The van der Waals surface area contributed by atoms with E-state index in [1.165, 1.54) is 17.5 Å². The van der Waals surface area contributed by atoms with E-state index in [1.807, 2.05) is 0 Å². The van der Waals surface area contributed by atoms with Crippen LogP contribution in [-0.2, 0) is 0 Å². The smallest absolute Gasteiger partial charge is 0.0326 e. The Morgan fingerprint density at radius 3 is 2.00 bits per heavy atom. The Balaban J connectivity index is 1.75. The highest BCUT2D eigenvalue weighted by atomic mass is 14.9. The summed E-state index contributed by atoms with van der Waals surface area (Å²) in [5.41, 5.74) is 2.87. The highest BCUT2D eigenvalue weighted by molar-refractivity contribution is 5.26. The maximum absolute atomic E-state index is 3.62. The molecule has 1 heterocycles. The molecule has 0 aromatic heterocycles. The average Bonchev–Trinajstić information content (AvgIpc) is 2.90. The van der Waals surface area contributed by atoms with Gasteiger partial charge in [0.15, 0.2) is 0 Å². The molecule has 86 valence electrons. The number of nitrogens with one attached hydrogen (secondary N) is 1. The molecule has 2 aromatic rings. The topological polar surface area (TPSA) is 12.0 Å². The summed E-state index contributed by atoms with van der Waals surface area (Å²) in [5.74, 6) is 0.654. The maximum atomic E-state index is 3.62. The predicted octanol–water partition coefficient (Wildman–Crippen LogP) is 3.50. The molecule has 1 nitrogen and oxygen atoms in total. The number of hydrogen-bond donors (Lipinski definition) is 1. The van der Waals surface area contributed by atoms with Crippen molar-refractivity contribution in [2.45, 2.75) is 18.4 Å². The van der Waals surface area contributed by atoms with Crippen LogP contribution in [0, 0.1) is 0 Å². The van der Waals surface area contributed by atoms with Gasteiger partial charge < -0.3 is 5.32 Å². The fourth-order valence-corrected chi connectivity index (χ4v) is 2.65. The van der Waals surface area contributed by atoms with E-state index in [9.17, 15) is 0 Å². The van der Waals surface area contributed by atoms with Crippen molar-refractivity contribution in [3.05, 3.63) is 71.8 Å². The highest BCUT2D eigenvalue weighted by Crippen LogP contribution is 2.33. The summed E-state index contributed by atoms with van der Waals surface area (Å²) in [5, 5.41) is 3.62. The van der Waals surface area contributed by atoms with Crippen LogP contribution in [0.2, 0.25) is 0 Å². The summed E-state index contributed by atoms with van der Waals surface area (Å²) in [6.07, 6.45) is 1.20. The van der Waals surface area contributed by atoms with E-state index in [4.69, 9.17) is 0 Å². The van der Waals surface area contributed by atoms with Crippen LogP contribution in [-0.4, -0.2) is 6.54 Å². The standard InChI is InChI=1S/C16H17N/c1-3-7-13(8-4-1)15-11-16(17-12-15)14-9-5-2-6-10-14/h1-10,15-17H,11-12H2. The Labute approximate surface area is 102 Å². The van der Waals surface area contributed by atoms with Crippen LogP contribution < -0.4 is 5.32 Å². The van der Waals surface area contributed by atoms with Crippen LogP contribution in [0.4, 0.5) is 0 Å². The van der Waals surface area contributed by atoms with Gasteiger partial charge in [-0.25, -0.2) is 0 Å². The quantitative estimate of drug-likeness (QED) is 0.821. The molecule has 2 unspecified atom stereocenters. The third kappa shape index (κ3) is 2.25. The van der Waals surface area contributed by atoms with Crippen LogP contribution in [0.3, 0.4) is 0 Å². The second kappa shape index (κ2) is 4.72. The molecule has 0 spiro atoms. The van der Waals surface area contributed by atoms with Gasteiger partial charge in [-0.2, -0.15) is 0 Å². The molecule has 0 radical (unpaired) electrons. The molecule has 1 saturated heterocycles. The molecule has 1 aliphatic heterocycles. The summed E-state index contributed by atoms with van der Waals surface area (Å²) in [6.45, 7) is 1.09. The summed E-state index contributed by atoms with van der Waals surface area (Å²) in [6, 6.07) is 22.1. The van der Waals surface area contributed by atoms with Gasteiger partial charge in [0.1, 0.15) is 0 Å². The normalized spacial score (nSPS) is 23.8. The highest BCUT2D eigenvalue weighted by Gasteiger charge is 2.25. The molecule has 1 N–H and O–H groups in total. The summed E-state index contributed by atoms with van der Waals surface area (Å²) in [7, 11) is 0. The van der Waals surface area contributed by atoms with Crippen molar-refractivity contribution >= 4 is 0 Å². The molecule has 1 aliphatic rings. The van der Waals surface area contributed by atoms with Crippen molar-refractivity contribution in [2.75, 3.05) is 6.54 Å². The van der Waals surface area contributed by atoms with Crippen LogP contribution in [0.25, 0.3) is 0 Å². The van der Waals surface area contributed by atoms with Crippen molar-refractivity contribution < 1.29 is 0 Å². The molecule has 0 aliphatic carbocycles. The van der Waals surface area contributed by atoms with E-state index in [2.05, 4.69) is 66.0 Å². The van der Waals surface area contributed by atoms with Crippen LogP contribution >= 0.6 is 0 Å². The molecule has 1 heteroatoms. The third-order valence-corrected chi connectivity index (χ3v) is 3.60. The van der Waals surface area contributed by atoms with E-state index in [0.29, 0.717) is 12.0 Å². The van der Waals surface area contributed by atoms with E-state index in [0.717, 1.165) is 6.54 Å². The minimum absolute atomic E-state index is 0.515. The molecule has 0 saturated carbocycles. The van der Waals surface area contributed by atoms with Gasteiger partial charge in [-0.3, -0.25) is 0 Å². The Morgan fingerprint density at radius 1 is 0.765 bits per heavy atom. The molecular weight excluding hydrogens is 206 g/mol. The van der Waals surface area contributed by atoms with Gasteiger partial charge in [0.05, 0.1) is 0 Å². The first-order chi connectivity index (χ1) is 8.43. The van der Waals surface area contributed by atoms with Gasteiger partial charge in [0.25, 0.3) is 0 Å². The zero-order valence-corrected chi connectivity index (χ0v) is 9.84. The molecule has 0 bridgehead atoms. The lowest BCUT2D eigenvalue weighted by Crippen LogP contribution is -2.13. The van der Waals surface area contributed by atoms with Gasteiger partial charge in [0.2, 0.25) is 0 Å². The summed E-state index contributed by atoms with van der Waals surface area (Å²) >= 11 is 0. The molecule has 1 fully saturated rings. The van der Waals surface area contributed by atoms with Crippen LogP contribution in [0.5, 0.6) is 0 Å². The Kier molecular flexibility index (Phi) is 2.93. The fourth-order valence-electron chi connectivity index (χ4n) is 2.65. The predicted molar refractivity (Wildman–Crippen MR) is 71.0 cm³/mol. The second-order valence-electron chi connectivity index (χ2n) is 4.71. The molecule has 2 atom stereocenters. The van der Waals surface area contributed by atoms with Gasteiger partial charge in [-0.15, -0.1) is 0 Å².